The Balaban J connectivity index is 1.86. The standard InChI is InChI=1S/C10H11N2S/c13-10(6-8-3-4-8)12-9-2-1-5-11-7-9/h1-2,7-8H,3-4,6H2,(H,12,13). The lowest BCUT2D eigenvalue weighted by atomic mass is 10.3. The molecular weight excluding hydrogens is 180 g/mol. The Hall–Kier alpha value is -0.960. The molecule has 1 radical (unpaired) electrons. The molecule has 2 rings (SSSR count). The van der Waals surface area contributed by atoms with E-state index >= 15 is 0 Å². The monoisotopic (exact) mass is 191 g/mol. The maximum Gasteiger partial charge on any atom is 0.0887 e. The van der Waals surface area contributed by atoms with Crippen LogP contribution in [0, 0.1) is 12.1 Å². The van der Waals surface area contributed by atoms with Gasteiger partial charge in [0.15, 0.2) is 0 Å². The minimum atomic E-state index is 0.836. The first-order valence-corrected chi connectivity index (χ1v) is 4.87. The average molecular weight is 191 g/mol. The lowest BCUT2D eigenvalue weighted by Gasteiger charge is -2.05. The van der Waals surface area contributed by atoms with Crippen LogP contribution in [-0.2, 0) is 0 Å². The number of rotatable bonds is 3. The first kappa shape index (κ1) is 8.63. The molecule has 13 heavy (non-hydrogen) atoms. The quantitative estimate of drug-likeness (QED) is 0.743. The number of nitrogens with one attached hydrogen (secondary N) is 1. The smallest absolute Gasteiger partial charge is 0.0887 e. The van der Waals surface area contributed by atoms with Crippen LogP contribution in [0.5, 0.6) is 0 Å². The summed E-state index contributed by atoms with van der Waals surface area (Å²) in [6.07, 6.45) is 8.15. The molecule has 1 aliphatic carbocycles. The van der Waals surface area contributed by atoms with Crippen molar-refractivity contribution >= 4 is 22.9 Å². The van der Waals surface area contributed by atoms with Gasteiger partial charge in [-0.25, -0.2) is 0 Å². The first-order valence-electron chi connectivity index (χ1n) is 4.46. The van der Waals surface area contributed by atoms with Gasteiger partial charge in [-0.05, 0) is 30.9 Å². The molecule has 1 heterocycles. The Morgan fingerprint density at radius 2 is 2.54 bits per heavy atom. The number of hydrogen-bond acceptors (Lipinski definition) is 2. The molecule has 0 aromatic carbocycles. The van der Waals surface area contributed by atoms with E-state index in [1.54, 1.807) is 12.3 Å². The molecule has 1 aromatic rings. The molecule has 0 saturated heterocycles. The molecule has 1 aliphatic rings. The molecule has 1 N–H and O–H groups in total. The third kappa shape index (κ3) is 2.77. The fourth-order valence-corrected chi connectivity index (χ4v) is 1.54. The highest BCUT2D eigenvalue weighted by molar-refractivity contribution is 7.80. The summed E-state index contributed by atoms with van der Waals surface area (Å²) in [5.74, 6) is 0.836. The van der Waals surface area contributed by atoms with Gasteiger partial charge in [-0.15, -0.1) is 0 Å². The number of pyridine rings is 1. The van der Waals surface area contributed by atoms with E-state index in [1.807, 2.05) is 6.07 Å². The van der Waals surface area contributed by atoms with Crippen molar-refractivity contribution in [2.75, 3.05) is 5.32 Å². The highest BCUT2D eigenvalue weighted by Crippen LogP contribution is 2.32. The van der Waals surface area contributed by atoms with E-state index in [0.29, 0.717) is 0 Å². The highest BCUT2D eigenvalue weighted by atomic mass is 32.1. The second-order valence-electron chi connectivity index (χ2n) is 3.37. The van der Waals surface area contributed by atoms with Crippen LogP contribution >= 0.6 is 12.2 Å². The van der Waals surface area contributed by atoms with Gasteiger partial charge in [0, 0.05) is 6.42 Å². The van der Waals surface area contributed by atoms with Crippen molar-refractivity contribution in [1.82, 2.24) is 4.98 Å². The molecular formula is C10H11N2S. The zero-order valence-electron chi connectivity index (χ0n) is 7.29. The molecule has 0 aliphatic heterocycles. The Bertz CT molecular complexity index is 293. The number of nitrogens with zero attached hydrogens (tertiary/aromatic N) is 1. The zero-order valence-corrected chi connectivity index (χ0v) is 8.10. The molecule has 0 amide bonds. The molecule has 1 aromatic heterocycles. The third-order valence-electron chi connectivity index (χ3n) is 2.07. The van der Waals surface area contributed by atoms with E-state index in [2.05, 4.69) is 16.5 Å². The van der Waals surface area contributed by atoms with E-state index in [1.165, 1.54) is 12.8 Å². The predicted octanol–water partition coefficient (Wildman–Crippen LogP) is 2.42. The minimum Gasteiger partial charge on any atom is -0.349 e. The molecule has 0 bridgehead atoms. The minimum absolute atomic E-state index is 0.836. The summed E-state index contributed by atoms with van der Waals surface area (Å²) >= 11 is 5.20. The SMILES string of the molecule is S=C(CC1CC1)Nc1cc[c]nc1. The van der Waals surface area contributed by atoms with Crippen molar-refractivity contribution in [1.29, 1.82) is 0 Å². The Morgan fingerprint density at radius 1 is 1.69 bits per heavy atom. The van der Waals surface area contributed by atoms with Gasteiger partial charge in [0.2, 0.25) is 0 Å². The zero-order chi connectivity index (χ0) is 9.10. The van der Waals surface area contributed by atoms with E-state index in [4.69, 9.17) is 12.2 Å². The Kier molecular flexibility index (Phi) is 2.54. The molecule has 67 valence electrons. The van der Waals surface area contributed by atoms with Crippen LogP contribution in [0.3, 0.4) is 0 Å². The average Bonchev–Trinajstić information content (AvgIpc) is 2.90. The predicted molar refractivity (Wildman–Crippen MR) is 56.6 cm³/mol. The van der Waals surface area contributed by atoms with Gasteiger partial charge >= 0.3 is 0 Å². The van der Waals surface area contributed by atoms with Gasteiger partial charge < -0.3 is 5.32 Å². The fraction of sp³-hybridized carbons (Fsp3) is 0.400. The van der Waals surface area contributed by atoms with Crippen LogP contribution in [0.2, 0.25) is 0 Å². The third-order valence-corrected chi connectivity index (χ3v) is 2.34. The van der Waals surface area contributed by atoms with Crippen molar-refractivity contribution in [3.8, 4) is 0 Å². The number of anilines is 1. The second kappa shape index (κ2) is 3.83. The lowest BCUT2D eigenvalue weighted by molar-refractivity contribution is 0.902. The molecule has 2 nitrogen and oxygen atoms in total. The summed E-state index contributed by atoms with van der Waals surface area (Å²) in [6.45, 7) is 0. The van der Waals surface area contributed by atoms with Crippen LogP contribution in [0.4, 0.5) is 5.69 Å². The summed E-state index contributed by atoms with van der Waals surface area (Å²) in [7, 11) is 0. The number of aromatic nitrogens is 1. The van der Waals surface area contributed by atoms with Crippen LogP contribution in [0.15, 0.2) is 18.3 Å². The maximum absolute atomic E-state index is 5.20. The van der Waals surface area contributed by atoms with Crippen molar-refractivity contribution in [2.45, 2.75) is 19.3 Å². The molecule has 0 spiro atoms. The normalized spacial score (nSPS) is 15.4. The van der Waals surface area contributed by atoms with Gasteiger partial charge in [-0.1, -0.05) is 12.2 Å². The van der Waals surface area contributed by atoms with Gasteiger partial charge in [-0.3, -0.25) is 4.98 Å². The Labute approximate surface area is 83.4 Å². The summed E-state index contributed by atoms with van der Waals surface area (Å²) < 4.78 is 0. The molecule has 1 saturated carbocycles. The molecule has 0 unspecified atom stereocenters. The van der Waals surface area contributed by atoms with E-state index in [9.17, 15) is 0 Å². The van der Waals surface area contributed by atoms with E-state index in [-0.39, 0.29) is 0 Å². The van der Waals surface area contributed by atoms with Crippen molar-refractivity contribution < 1.29 is 0 Å². The molecule has 1 fully saturated rings. The van der Waals surface area contributed by atoms with Gasteiger partial charge in [-0.2, -0.15) is 0 Å². The summed E-state index contributed by atoms with van der Waals surface area (Å²) in [5.41, 5.74) is 0.962. The van der Waals surface area contributed by atoms with Crippen LogP contribution in [0.1, 0.15) is 19.3 Å². The fourth-order valence-electron chi connectivity index (χ4n) is 1.19. The topological polar surface area (TPSA) is 24.9 Å². The van der Waals surface area contributed by atoms with Crippen molar-refractivity contribution in [2.24, 2.45) is 5.92 Å². The second-order valence-corrected chi connectivity index (χ2v) is 3.86. The largest absolute Gasteiger partial charge is 0.349 e. The highest BCUT2D eigenvalue weighted by Gasteiger charge is 2.22. The molecule has 0 atom stereocenters. The van der Waals surface area contributed by atoms with Crippen LogP contribution in [0.25, 0.3) is 0 Å². The van der Waals surface area contributed by atoms with Gasteiger partial charge in [0.1, 0.15) is 0 Å². The summed E-state index contributed by atoms with van der Waals surface area (Å²) in [5, 5.41) is 3.16. The van der Waals surface area contributed by atoms with E-state index in [0.717, 1.165) is 23.0 Å². The number of thiocarbonyl (C=S) groups is 1. The lowest BCUT2D eigenvalue weighted by Crippen LogP contribution is -2.09. The summed E-state index contributed by atoms with van der Waals surface area (Å²) in [6, 6.07) is 3.70. The van der Waals surface area contributed by atoms with E-state index < -0.39 is 0 Å². The van der Waals surface area contributed by atoms with Crippen LogP contribution < -0.4 is 5.32 Å². The van der Waals surface area contributed by atoms with Crippen molar-refractivity contribution in [3.63, 3.8) is 0 Å². The summed E-state index contributed by atoms with van der Waals surface area (Å²) in [4.78, 5) is 4.81. The van der Waals surface area contributed by atoms with Gasteiger partial charge in [0.05, 0.1) is 23.1 Å². The number of hydrogen-bond donors (Lipinski definition) is 1. The van der Waals surface area contributed by atoms with Gasteiger partial charge in [0.25, 0.3) is 0 Å². The molecule has 3 heteroatoms. The van der Waals surface area contributed by atoms with Crippen molar-refractivity contribution in [3.05, 3.63) is 24.5 Å². The first-order chi connectivity index (χ1) is 6.34. The van der Waals surface area contributed by atoms with Crippen LogP contribution in [-0.4, -0.2) is 9.97 Å². The Morgan fingerprint density at radius 3 is 3.15 bits per heavy atom. The maximum atomic E-state index is 5.20.